The van der Waals surface area contributed by atoms with Crippen LogP contribution in [0.15, 0.2) is 41.7 Å². The number of carbonyl (C=O) groups excluding carboxylic acids is 1. The van der Waals surface area contributed by atoms with Gasteiger partial charge in [-0.25, -0.2) is 9.97 Å². The van der Waals surface area contributed by atoms with Crippen LogP contribution in [0.3, 0.4) is 0 Å². The second-order valence-electron chi connectivity index (χ2n) is 6.32. The molecule has 0 radical (unpaired) electrons. The molecule has 0 atom stereocenters. The van der Waals surface area contributed by atoms with Crippen molar-refractivity contribution in [3.8, 4) is 17.0 Å². The van der Waals surface area contributed by atoms with Crippen molar-refractivity contribution in [3.63, 3.8) is 0 Å². The maximum atomic E-state index is 12.2. The fourth-order valence-electron chi connectivity index (χ4n) is 3.02. The average Bonchev–Trinajstić information content (AvgIpc) is 2.68. The number of thioether (sulfide) groups is 1. The molecular formula is C19H21F2N3O2S. The molecule has 2 aromatic rings. The van der Waals surface area contributed by atoms with Crippen molar-refractivity contribution in [1.82, 2.24) is 15.3 Å². The molecule has 1 saturated carbocycles. The van der Waals surface area contributed by atoms with Crippen molar-refractivity contribution < 1.29 is 18.3 Å². The van der Waals surface area contributed by atoms with E-state index in [-0.39, 0.29) is 23.5 Å². The highest BCUT2D eigenvalue weighted by Gasteiger charge is 2.16. The van der Waals surface area contributed by atoms with Gasteiger partial charge >= 0.3 is 6.61 Å². The number of rotatable bonds is 7. The van der Waals surface area contributed by atoms with Gasteiger partial charge in [-0.2, -0.15) is 8.78 Å². The number of ether oxygens (including phenoxy) is 1. The second-order valence-corrected chi connectivity index (χ2v) is 7.26. The van der Waals surface area contributed by atoms with Gasteiger partial charge in [0.25, 0.3) is 0 Å². The van der Waals surface area contributed by atoms with Crippen LogP contribution < -0.4 is 10.1 Å². The van der Waals surface area contributed by atoms with E-state index in [0.29, 0.717) is 10.9 Å². The zero-order chi connectivity index (χ0) is 19.1. The summed E-state index contributed by atoms with van der Waals surface area (Å²) >= 11 is 1.28. The molecule has 0 saturated heterocycles. The van der Waals surface area contributed by atoms with Gasteiger partial charge in [-0.1, -0.05) is 31.0 Å². The van der Waals surface area contributed by atoms with E-state index in [4.69, 9.17) is 0 Å². The highest BCUT2D eigenvalue weighted by atomic mass is 32.2. The molecule has 5 nitrogen and oxygen atoms in total. The highest BCUT2D eigenvalue weighted by Crippen LogP contribution is 2.24. The number of aromatic nitrogens is 2. The van der Waals surface area contributed by atoms with Crippen LogP contribution in [0.2, 0.25) is 0 Å². The third-order valence-electron chi connectivity index (χ3n) is 4.31. The number of nitrogens with zero attached hydrogens (tertiary/aromatic N) is 2. The molecule has 1 N–H and O–H groups in total. The summed E-state index contributed by atoms with van der Waals surface area (Å²) in [5, 5.41) is 3.57. The van der Waals surface area contributed by atoms with Crippen LogP contribution in [0.4, 0.5) is 8.78 Å². The van der Waals surface area contributed by atoms with E-state index in [1.54, 1.807) is 24.4 Å². The smallest absolute Gasteiger partial charge is 0.387 e. The molecule has 8 heteroatoms. The summed E-state index contributed by atoms with van der Waals surface area (Å²) in [6.07, 6.45) is 7.31. The number of hydrogen-bond donors (Lipinski definition) is 1. The van der Waals surface area contributed by atoms with E-state index in [1.165, 1.54) is 43.2 Å². The zero-order valence-corrected chi connectivity index (χ0v) is 15.6. The number of nitrogens with one attached hydrogen (secondary N) is 1. The maximum Gasteiger partial charge on any atom is 0.387 e. The molecule has 0 spiro atoms. The molecule has 144 valence electrons. The van der Waals surface area contributed by atoms with Crippen molar-refractivity contribution in [1.29, 1.82) is 0 Å². The molecule has 1 aliphatic rings. The SMILES string of the molecule is O=C(CSc1nccc(-c2ccc(OC(F)F)cc2)n1)NC1CCCCC1. The Morgan fingerprint density at radius 3 is 2.63 bits per heavy atom. The van der Waals surface area contributed by atoms with Crippen LogP contribution in [-0.4, -0.2) is 34.3 Å². The summed E-state index contributed by atoms with van der Waals surface area (Å²) in [5.41, 5.74) is 1.41. The lowest BCUT2D eigenvalue weighted by molar-refractivity contribution is -0.119. The number of hydrogen-bond acceptors (Lipinski definition) is 5. The predicted molar refractivity (Wildman–Crippen MR) is 99.8 cm³/mol. The Morgan fingerprint density at radius 1 is 1.19 bits per heavy atom. The van der Waals surface area contributed by atoms with Gasteiger partial charge in [-0.05, 0) is 43.2 Å². The Kier molecular flexibility index (Phi) is 6.98. The molecule has 1 aromatic carbocycles. The van der Waals surface area contributed by atoms with Crippen LogP contribution in [0.25, 0.3) is 11.3 Å². The molecule has 1 aliphatic carbocycles. The Hall–Kier alpha value is -2.22. The zero-order valence-electron chi connectivity index (χ0n) is 14.7. The summed E-state index contributed by atoms with van der Waals surface area (Å²) in [7, 11) is 0. The largest absolute Gasteiger partial charge is 0.435 e. The summed E-state index contributed by atoms with van der Waals surface area (Å²) in [5.74, 6) is 0.354. The molecule has 3 rings (SSSR count). The molecular weight excluding hydrogens is 372 g/mol. The molecule has 27 heavy (non-hydrogen) atoms. The third kappa shape index (κ3) is 6.16. The topological polar surface area (TPSA) is 64.1 Å². The standard InChI is InChI=1S/C19H21F2N3O2S/c20-18(21)26-15-8-6-13(7-9-15)16-10-11-22-19(24-16)27-12-17(25)23-14-4-2-1-3-5-14/h6-11,14,18H,1-5,12H2,(H,23,25). The van der Waals surface area contributed by atoms with E-state index < -0.39 is 6.61 Å². The van der Waals surface area contributed by atoms with Crippen LogP contribution >= 0.6 is 11.8 Å². The van der Waals surface area contributed by atoms with Crippen molar-refractivity contribution in [3.05, 3.63) is 36.5 Å². The second kappa shape index (κ2) is 9.64. The lowest BCUT2D eigenvalue weighted by Crippen LogP contribution is -2.37. The normalized spacial score (nSPS) is 14.9. The first-order valence-electron chi connectivity index (χ1n) is 8.90. The average molecular weight is 393 g/mol. The van der Waals surface area contributed by atoms with Gasteiger partial charge in [0, 0.05) is 17.8 Å². The first kappa shape index (κ1) is 19.5. The van der Waals surface area contributed by atoms with Gasteiger partial charge in [0.2, 0.25) is 5.91 Å². The number of halogens is 2. The number of amides is 1. The first-order chi connectivity index (χ1) is 13.1. The van der Waals surface area contributed by atoms with E-state index >= 15 is 0 Å². The van der Waals surface area contributed by atoms with E-state index in [9.17, 15) is 13.6 Å². The Labute approximate surface area is 160 Å². The van der Waals surface area contributed by atoms with Gasteiger partial charge in [-0.3, -0.25) is 4.79 Å². The minimum absolute atomic E-state index is 0.00518. The van der Waals surface area contributed by atoms with Crippen LogP contribution in [-0.2, 0) is 4.79 Å². The lowest BCUT2D eigenvalue weighted by atomic mass is 9.95. The number of benzene rings is 1. The quantitative estimate of drug-likeness (QED) is 0.562. The van der Waals surface area contributed by atoms with Gasteiger partial charge in [-0.15, -0.1) is 0 Å². The molecule has 0 aliphatic heterocycles. The third-order valence-corrected chi connectivity index (χ3v) is 5.17. The van der Waals surface area contributed by atoms with Gasteiger partial charge in [0.1, 0.15) is 5.75 Å². The van der Waals surface area contributed by atoms with Gasteiger partial charge in [0.15, 0.2) is 5.16 Å². The van der Waals surface area contributed by atoms with Crippen LogP contribution in [0, 0.1) is 0 Å². The summed E-state index contributed by atoms with van der Waals surface area (Å²) in [6, 6.07) is 8.26. The fourth-order valence-corrected chi connectivity index (χ4v) is 3.67. The molecule has 1 aromatic heterocycles. The minimum atomic E-state index is -2.85. The molecule has 0 bridgehead atoms. The predicted octanol–water partition coefficient (Wildman–Crippen LogP) is 4.29. The van der Waals surface area contributed by atoms with Crippen LogP contribution in [0.5, 0.6) is 5.75 Å². The minimum Gasteiger partial charge on any atom is -0.435 e. The maximum absolute atomic E-state index is 12.2. The van der Waals surface area contributed by atoms with E-state index in [2.05, 4.69) is 20.0 Å². The van der Waals surface area contributed by atoms with Crippen molar-refractivity contribution in [2.75, 3.05) is 5.75 Å². The van der Waals surface area contributed by atoms with Crippen molar-refractivity contribution in [2.24, 2.45) is 0 Å². The van der Waals surface area contributed by atoms with Gasteiger partial charge < -0.3 is 10.1 Å². The molecule has 1 amide bonds. The summed E-state index contributed by atoms with van der Waals surface area (Å²) in [4.78, 5) is 20.7. The fraction of sp³-hybridized carbons (Fsp3) is 0.421. The Balaban J connectivity index is 1.56. The van der Waals surface area contributed by atoms with Crippen molar-refractivity contribution >= 4 is 17.7 Å². The first-order valence-corrected chi connectivity index (χ1v) is 9.89. The Morgan fingerprint density at radius 2 is 1.93 bits per heavy atom. The van der Waals surface area contributed by atoms with E-state index in [0.717, 1.165) is 18.4 Å². The lowest BCUT2D eigenvalue weighted by Gasteiger charge is -2.22. The molecule has 0 unspecified atom stereocenters. The summed E-state index contributed by atoms with van der Waals surface area (Å²) < 4.78 is 28.8. The Bertz CT molecular complexity index is 753. The van der Waals surface area contributed by atoms with Gasteiger partial charge in [0.05, 0.1) is 11.4 Å². The monoisotopic (exact) mass is 393 g/mol. The van der Waals surface area contributed by atoms with E-state index in [1.807, 2.05) is 0 Å². The molecule has 1 heterocycles. The number of carbonyl (C=O) groups is 1. The van der Waals surface area contributed by atoms with Crippen LogP contribution in [0.1, 0.15) is 32.1 Å². The number of alkyl halides is 2. The highest BCUT2D eigenvalue weighted by molar-refractivity contribution is 7.99. The molecule has 1 fully saturated rings. The van der Waals surface area contributed by atoms with Crippen molar-refractivity contribution in [2.45, 2.75) is 49.9 Å². The summed E-state index contributed by atoms with van der Waals surface area (Å²) in [6.45, 7) is -2.85.